The third-order valence-corrected chi connectivity index (χ3v) is 5.68. The van der Waals surface area contributed by atoms with Gasteiger partial charge < -0.3 is 24.1 Å². The van der Waals surface area contributed by atoms with Crippen molar-refractivity contribution in [3.05, 3.63) is 96.3 Å². The molecular formula is C31H38N2O6. The molecule has 8 heteroatoms. The fourth-order valence-electron chi connectivity index (χ4n) is 3.62. The van der Waals surface area contributed by atoms with Gasteiger partial charge in [-0.2, -0.15) is 10.2 Å². The standard InChI is InChI=1S/C31H36N2O6.H2/c1-4-36-30(34)24-20-25(31(35)37-5-2)22-29(21-24)39-19-9-7-6-8-18-38-28-16-14-27(15-17-28)33-32-26-12-10-23(3)11-13-26;/h4,10-17,20-22,30,34H,1,5-9,18-19H2,2-3H3;1H. The molecule has 3 rings (SSSR count). The number of benzene rings is 3. The summed E-state index contributed by atoms with van der Waals surface area (Å²) in [6.45, 7) is 8.56. The van der Waals surface area contributed by atoms with E-state index in [2.05, 4.69) is 16.8 Å². The Hall–Kier alpha value is -4.17. The fraction of sp³-hybridized carbons (Fsp3) is 0.323. The molecule has 0 radical (unpaired) electrons. The van der Waals surface area contributed by atoms with Crippen LogP contribution in [0.25, 0.3) is 0 Å². The number of hydrogen-bond donors (Lipinski definition) is 1. The molecule has 39 heavy (non-hydrogen) atoms. The molecule has 0 saturated heterocycles. The predicted molar refractivity (Wildman–Crippen MR) is 152 cm³/mol. The molecule has 1 unspecified atom stereocenters. The van der Waals surface area contributed by atoms with Gasteiger partial charge in [-0.25, -0.2) is 4.79 Å². The summed E-state index contributed by atoms with van der Waals surface area (Å²) < 4.78 is 21.8. The van der Waals surface area contributed by atoms with Crippen LogP contribution < -0.4 is 9.47 Å². The first kappa shape index (κ1) is 29.4. The van der Waals surface area contributed by atoms with Crippen molar-refractivity contribution in [3.63, 3.8) is 0 Å². The zero-order chi connectivity index (χ0) is 27.9. The number of nitrogens with zero attached hydrogens (tertiary/aromatic N) is 2. The van der Waals surface area contributed by atoms with E-state index in [1.165, 1.54) is 11.6 Å². The number of rotatable bonds is 16. The summed E-state index contributed by atoms with van der Waals surface area (Å²) in [5, 5.41) is 18.6. The smallest absolute Gasteiger partial charge is 0.338 e. The maximum Gasteiger partial charge on any atom is 0.338 e. The van der Waals surface area contributed by atoms with E-state index in [1.807, 2.05) is 55.5 Å². The number of esters is 1. The molecule has 8 nitrogen and oxygen atoms in total. The quantitative estimate of drug-likeness (QED) is 0.0657. The Morgan fingerprint density at radius 2 is 1.49 bits per heavy atom. The van der Waals surface area contributed by atoms with Crippen molar-refractivity contribution < 1.29 is 30.3 Å². The zero-order valence-corrected chi connectivity index (χ0v) is 22.5. The highest BCUT2D eigenvalue weighted by molar-refractivity contribution is 5.90. The Labute approximate surface area is 231 Å². The third kappa shape index (κ3) is 10.2. The van der Waals surface area contributed by atoms with Crippen LogP contribution in [-0.4, -0.2) is 30.9 Å². The first-order valence-electron chi connectivity index (χ1n) is 13.1. The minimum absolute atomic E-state index is 0. The third-order valence-electron chi connectivity index (χ3n) is 5.68. The largest absolute Gasteiger partial charge is 0.494 e. The molecule has 208 valence electrons. The van der Waals surface area contributed by atoms with Crippen molar-refractivity contribution in [3.8, 4) is 11.5 Å². The number of unbranched alkanes of at least 4 members (excludes halogenated alkanes) is 3. The minimum Gasteiger partial charge on any atom is -0.494 e. The number of azo groups is 1. The highest BCUT2D eigenvalue weighted by Gasteiger charge is 2.15. The van der Waals surface area contributed by atoms with Crippen LogP contribution in [0.2, 0.25) is 0 Å². The monoisotopic (exact) mass is 534 g/mol. The average Bonchev–Trinajstić information content (AvgIpc) is 2.95. The summed E-state index contributed by atoms with van der Waals surface area (Å²) in [5.41, 5.74) is 3.45. The van der Waals surface area contributed by atoms with Crippen LogP contribution in [0.3, 0.4) is 0 Å². The summed E-state index contributed by atoms with van der Waals surface area (Å²) in [7, 11) is 0. The van der Waals surface area contributed by atoms with Gasteiger partial charge in [0.2, 0.25) is 6.29 Å². The van der Waals surface area contributed by atoms with Gasteiger partial charge in [0.05, 0.1) is 43.0 Å². The number of hydrogen-bond acceptors (Lipinski definition) is 8. The lowest BCUT2D eigenvalue weighted by Gasteiger charge is -2.14. The second-order valence-corrected chi connectivity index (χ2v) is 8.81. The van der Waals surface area contributed by atoms with Crippen molar-refractivity contribution >= 4 is 17.3 Å². The van der Waals surface area contributed by atoms with Crippen LogP contribution in [0, 0.1) is 6.92 Å². The summed E-state index contributed by atoms with van der Waals surface area (Å²) >= 11 is 0. The Kier molecular flexibility index (Phi) is 12.0. The molecule has 3 aromatic rings. The Morgan fingerprint density at radius 3 is 2.08 bits per heavy atom. The number of aliphatic hydroxyl groups excluding tert-OH is 1. The molecule has 3 aromatic carbocycles. The van der Waals surface area contributed by atoms with Crippen molar-refractivity contribution in [2.24, 2.45) is 10.2 Å². The van der Waals surface area contributed by atoms with E-state index in [-0.39, 0.29) is 13.6 Å². The molecule has 0 aliphatic rings. The second kappa shape index (κ2) is 15.9. The first-order valence-corrected chi connectivity index (χ1v) is 13.1. The van der Waals surface area contributed by atoms with E-state index in [0.29, 0.717) is 24.5 Å². The molecule has 0 aromatic heterocycles. The van der Waals surface area contributed by atoms with Gasteiger partial charge in [0, 0.05) is 6.99 Å². The molecule has 0 saturated carbocycles. The molecular weight excluding hydrogens is 496 g/mol. The molecule has 0 aliphatic carbocycles. The Balaban J connectivity index is 0.00000560. The Bertz CT molecular complexity index is 1220. The van der Waals surface area contributed by atoms with Crippen LogP contribution in [0.4, 0.5) is 11.4 Å². The maximum atomic E-state index is 12.2. The number of carbonyl (C=O) groups excluding carboxylic acids is 1. The van der Waals surface area contributed by atoms with E-state index < -0.39 is 12.3 Å². The van der Waals surface area contributed by atoms with Crippen molar-refractivity contribution in [1.29, 1.82) is 0 Å². The van der Waals surface area contributed by atoms with Gasteiger partial charge in [0.25, 0.3) is 0 Å². The number of aliphatic hydroxyl groups is 1. The molecule has 0 aliphatic heterocycles. The predicted octanol–water partition coefficient (Wildman–Crippen LogP) is 8.00. The van der Waals surface area contributed by atoms with Gasteiger partial charge in [0.1, 0.15) is 11.5 Å². The van der Waals surface area contributed by atoms with Crippen LogP contribution in [-0.2, 0) is 9.47 Å². The highest BCUT2D eigenvalue weighted by atomic mass is 16.6. The molecule has 0 bridgehead atoms. The van der Waals surface area contributed by atoms with Crippen molar-refractivity contribution in [2.75, 3.05) is 19.8 Å². The van der Waals surface area contributed by atoms with Crippen molar-refractivity contribution in [2.45, 2.75) is 45.8 Å². The number of ether oxygens (including phenoxy) is 4. The van der Waals surface area contributed by atoms with Gasteiger partial charge in [-0.15, -0.1) is 0 Å². The molecule has 0 fully saturated rings. The van der Waals surface area contributed by atoms with E-state index in [1.54, 1.807) is 19.1 Å². The van der Waals surface area contributed by atoms with E-state index >= 15 is 0 Å². The highest BCUT2D eigenvalue weighted by Crippen LogP contribution is 2.25. The van der Waals surface area contributed by atoms with E-state index in [4.69, 9.17) is 18.9 Å². The van der Waals surface area contributed by atoms with Gasteiger partial charge in [-0.3, -0.25) is 0 Å². The first-order chi connectivity index (χ1) is 19.0. The summed E-state index contributed by atoms with van der Waals surface area (Å²) in [4.78, 5) is 12.2. The molecule has 0 heterocycles. The number of carbonyl (C=O) groups is 1. The zero-order valence-electron chi connectivity index (χ0n) is 22.5. The minimum atomic E-state index is -1.25. The topological polar surface area (TPSA) is 98.9 Å². The number of aryl methyl sites for hydroxylation is 1. The lowest BCUT2D eigenvalue weighted by molar-refractivity contribution is -0.0536. The molecule has 0 spiro atoms. The lowest BCUT2D eigenvalue weighted by Crippen LogP contribution is -2.08. The van der Waals surface area contributed by atoms with Gasteiger partial charge in [0.15, 0.2) is 0 Å². The lowest BCUT2D eigenvalue weighted by atomic mass is 10.1. The normalized spacial score (nSPS) is 11.7. The average molecular weight is 535 g/mol. The van der Waals surface area contributed by atoms with E-state index in [9.17, 15) is 9.90 Å². The van der Waals surface area contributed by atoms with Gasteiger partial charge >= 0.3 is 5.97 Å². The maximum absolute atomic E-state index is 12.2. The van der Waals surface area contributed by atoms with Gasteiger partial charge in [-0.1, -0.05) is 24.3 Å². The summed E-state index contributed by atoms with van der Waals surface area (Å²) in [6, 6.07) is 20.2. The Morgan fingerprint density at radius 1 is 0.897 bits per heavy atom. The van der Waals surface area contributed by atoms with Crippen LogP contribution in [0.5, 0.6) is 11.5 Å². The second-order valence-electron chi connectivity index (χ2n) is 8.81. The van der Waals surface area contributed by atoms with Crippen LogP contribution in [0.15, 0.2) is 89.8 Å². The SMILES string of the molecule is C=COC(O)c1cc(OCCCCCCOc2ccc(N=Nc3ccc(C)cc3)cc2)cc(C(=O)OCC)c1.[HH]. The molecule has 1 N–H and O–H groups in total. The summed E-state index contributed by atoms with van der Waals surface area (Å²) in [6.07, 6.45) is 3.60. The van der Waals surface area contributed by atoms with Crippen molar-refractivity contribution in [1.82, 2.24) is 0 Å². The molecule has 0 amide bonds. The van der Waals surface area contributed by atoms with Crippen LogP contribution >= 0.6 is 0 Å². The van der Waals surface area contributed by atoms with Crippen LogP contribution in [0.1, 0.15) is 61.8 Å². The van der Waals surface area contributed by atoms with E-state index in [0.717, 1.165) is 49.1 Å². The fourth-order valence-corrected chi connectivity index (χ4v) is 3.62. The van der Waals surface area contributed by atoms with Gasteiger partial charge in [-0.05, 0) is 94.1 Å². The summed E-state index contributed by atoms with van der Waals surface area (Å²) in [5.74, 6) is 0.774. The molecule has 1 atom stereocenters.